The fraction of sp³-hybridized carbons (Fsp3) is 0.269. The molecule has 5 rings (SSSR count). The number of ether oxygens (including phenoxy) is 1. The number of aryl methyl sites for hydroxylation is 1. The lowest BCUT2D eigenvalue weighted by Gasteiger charge is -2.20. The molecule has 0 radical (unpaired) electrons. The zero-order valence-electron chi connectivity index (χ0n) is 17.5. The van der Waals surface area contributed by atoms with Crippen LogP contribution >= 0.6 is 11.6 Å². The Hall–Kier alpha value is -2.78. The van der Waals surface area contributed by atoms with E-state index in [0.29, 0.717) is 11.4 Å². The number of nitrogens with zero attached hydrogens (tertiary/aromatic N) is 1. The zero-order chi connectivity index (χ0) is 21.0. The molecule has 1 heterocycles. The fourth-order valence-corrected chi connectivity index (χ4v) is 4.75. The summed E-state index contributed by atoms with van der Waals surface area (Å²) in [6.07, 6.45) is 4.34. The van der Waals surface area contributed by atoms with E-state index in [1.165, 1.54) is 21.7 Å². The van der Waals surface area contributed by atoms with E-state index in [4.69, 9.17) is 16.3 Å². The minimum Gasteiger partial charge on any atom is -0.456 e. The summed E-state index contributed by atoms with van der Waals surface area (Å²) in [6, 6.07) is 16.5. The van der Waals surface area contributed by atoms with Gasteiger partial charge >= 0.3 is 5.97 Å². The van der Waals surface area contributed by atoms with Gasteiger partial charge in [0.25, 0.3) is 0 Å². The third kappa shape index (κ3) is 3.00. The van der Waals surface area contributed by atoms with E-state index >= 15 is 0 Å². The summed E-state index contributed by atoms with van der Waals surface area (Å²) < 4.78 is 7.94. The highest BCUT2D eigenvalue weighted by atomic mass is 35.5. The molecule has 0 saturated heterocycles. The average molecular weight is 418 g/mol. The number of aromatic nitrogens is 1. The predicted molar refractivity (Wildman–Crippen MR) is 124 cm³/mol. The number of hydrogen-bond acceptors (Lipinski definition) is 2. The lowest BCUT2D eigenvalue weighted by atomic mass is 9.95. The van der Waals surface area contributed by atoms with Crippen LogP contribution in [0.1, 0.15) is 48.7 Å². The molecule has 0 unspecified atom stereocenters. The Morgan fingerprint density at radius 2 is 1.90 bits per heavy atom. The molecule has 4 aromatic rings. The van der Waals surface area contributed by atoms with Crippen molar-refractivity contribution in [2.24, 2.45) is 0 Å². The summed E-state index contributed by atoms with van der Waals surface area (Å²) >= 11 is 6.29. The monoisotopic (exact) mass is 417 g/mol. The predicted octanol–water partition coefficient (Wildman–Crippen LogP) is 5.92. The van der Waals surface area contributed by atoms with Gasteiger partial charge in [0.1, 0.15) is 5.60 Å². The van der Waals surface area contributed by atoms with Crippen molar-refractivity contribution in [3.05, 3.63) is 70.6 Å². The van der Waals surface area contributed by atoms with Gasteiger partial charge in [-0.05, 0) is 68.3 Å². The Bertz CT molecular complexity index is 1360. The Balaban J connectivity index is 1.88. The maximum atomic E-state index is 12.9. The highest BCUT2D eigenvalue weighted by Crippen LogP contribution is 2.34. The van der Waals surface area contributed by atoms with E-state index in [2.05, 4.69) is 34.9 Å². The highest BCUT2D eigenvalue weighted by Gasteiger charge is 2.23. The van der Waals surface area contributed by atoms with Gasteiger partial charge in [-0.25, -0.2) is 4.79 Å². The van der Waals surface area contributed by atoms with Gasteiger partial charge < -0.3 is 9.30 Å². The van der Waals surface area contributed by atoms with E-state index in [0.717, 1.165) is 35.0 Å². The SMILES string of the molecule is CC(C)(C)OC(=O)c1cc2ccc3c4c(n(-c5ccccc5CCl)c(c1)c24)=CCC3. The second-order valence-corrected chi connectivity index (χ2v) is 9.19. The van der Waals surface area contributed by atoms with E-state index < -0.39 is 5.60 Å². The van der Waals surface area contributed by atoms with Crippen LogP contribution in [0, 0.1) is 0 Å². The third-order valence-electron chi connectivity index (χ3n) is 5.68. The second kappa shape index (κ2) is 6.88. The number of hydrogen-bond donors (Lipinski definition) is 0. The normalized spacial score (nSPS) is 13.6. The van der Waals surface area contributed by atoms with Crippen molar-refractivity contribution in [2.75, 3.05) is 0 Å². The van der Waals surface area contributed by atoms with Crippen LogP contribution in [0.25, 0.3) is 33.4 Å². The van der Waals surface area contributed by atoms with Crippen molar-refractivity contribution >= 4 is 45.3 Å². The van der Waals surface area contributed by atoms with E-state index in [-0.39, 0.29) is 5.97 Å². The Labute approximate surface area is 180 Å². The van der Waals surface area contributed by atoms with Crippen molar-refractivity contribution in [1.82, 2.24) is 4.57 Å². The topological polar surface area (TPSA) is 31.2 Å². The molecular weight excluding hydrogens is 394 g/mol. The summed E-state index contributed by atoms with van der Waals surface area (Å²) in [5.41, 5.74) is 4.54. The number of carbonyl (C=O) groups excluding carboxylic acids is 1. The van der Waals surface area contributed by atoms with E-state index in [1.807, 2.05) is 45.0 Å². The lowest BCUT2D eigenvalue weighted by molar-refractivity contribution is 0.00698. The van der Waals surface area contributed by atoms with Crippen LogP contribution in [0.15, 0.2) is 48.5 Å². The Kier molecular flexibility index (Phi) is 4.41. The Morgan fingerprint density at radius 1 is 1.10 bits per heavy atom. The third-order valence-corrected chi connectivity index (χ3v) is 5.97. The van der Waals surface area contributed by atoms with Gasteiger partial charge in [0, 0.05) is 16.7 Å². The molecule has 0 N–H and O–H groups in total. The fourth-order valence-electron chi connectivity index (χ4n) is 4.52. The van der Waals surface area contributed by atoms with Gasteiger partial charge in [0.2, 0.25) is 0 Å². The van der Waals surface area contributed by atoms with Crippen molar-refractivity contribution in [3.8, 4) is 5.69 Å². The highest BCUT2D eigenvalue weighted by molar-refractivity contribution is 6.17. The first-order chi connectivity index (χ1) is 14.4. The molecule has 0 amide bonds. The van der Waals surface area contributed by atoms with Crippen LogP contribution in [-0.4, -0.2) is 16.1 Å². The second-order valence-electron chi connectivity index (χ2n) is 8.92. The molecular formula is C26H24ClNO2. The molecule has 30 heavy (non-hydrogen) atoms. The first-order valence-corrected chi connectivity index (χ1v) is 10.9. The average Bonchev–Trinajstić information content (AvgIpc) is 3.06. The van der Waals surface area contributed by atoms with E-state index in [1.54, 1.807) is 0 Å². The first-order valence-electron chi connectivity index (χ1n) is 10.3. The number of halogens is 1. The minimum absolute atomic E-state index is 0.302. The molecule has 4 heteroatoms. The van der Waals surface area contributed by atoms with Gasteiger partial charge in [-0.15, -0.1) is 11.6 Å². The molecule has 0 saturated carbocycles. The van der Waals surface area contributed by atoms with Crippen LogP contribution in [-0.2, 0) is 17.0 Å². The minimum atomic E-state index is -0.541. The number of benzene rings is 3. The van der Waals surface area contributed by atoms with Crippen LogP contribution in [0.3, 0.4) is 0 Å². The van der Waals surface area contributed by atoms with Gasteiger partial charge in [-0.2, -0.15) is 0 Å². The van der Waals surface area contributed by atoms with Crippen molar-refractivity contribution in [2.45, 2.75) is 45.1 Å². The molecule has 3 aromatic carbocycles. The molecule has 1 aromatic heterocycles. The Morgan fingerprint density at radius 3 is 2.67 bits per heavy atom. The summed E-state index contributed by atoms with van der Waals surface area (Å²) in [5.74, 6) is 0.127. The molecule has 152 valence electrons. The number of rotatable bonds is 3. The zero-order valence-corrected chi connectivity index (χ0v) is 18.2. The van der Waals surface area contributed by atoms with Crippen LogP contribution in [0.2, 0.25) is 0 Å². The van der Waals surface area contributed by atoms with Gasteiger partial charge in [-0.1, -0.05) is 36.4 Å². The van der Waals surface area contributed by atoms with Crippen molar-refractivity contribution < 1.29 is 9.53 Å². The first kappa shape index (κ1) is 19.2. The number of esters is 1. The number of alkyl halides is 1. The van der Waals surface area contributed by atoms with Gasteiger partial charge in [-0.3, -0.25) is 0 Å². The van der Waals surface area contributed by atoms with Gasteiger partial charge in [0.05, 0.1) is 22.1 Å². The van der Waals surface area contributed by atoms with Crippen LogP contribution in [0.4, 0.5) is 0 Å². The molecule has 3 nitrogen and oxygen atoms in total. The summed E-state index contributed by atoms with van der Waals surface area (Å²) in [6.45, 7) is 5.67. The quantitative estimate of drug-likeness (QED) is 0.306. The molecule has 1 aliphatic rings. The maximum Gasteiger partial charge on any atom is 0.338 e. The molecule has 0 bridgehead atoms. The number of carbonyl (C=O) groups is 1. The van der Waals surface area contributed by atoms with Crippen molar-refractivity contribution in [3.63, 3.8) is 0 Å². The van der Waals surface area contributed by atoms with Crippen LogP contribution < -0.4 is 5.35 Å². The smallest absolute Gasteiger partial charge is 0.338 e. The molecule has 0 fully saturated rings. The molecule has 1 aliphatic carbocycles. The maximum absolute atomic E-state index is 12.9. The summed E-state index contributed by atoms with van der Waals surface area (Å²) in [4.78, 5) is 12.9. The van der Waals surface area contributed by atoms with Crippen LogP contribution in [0.5, 0.6) is 0 Å². The standard InChI is InChI=1S/C26H24ClNO2/c1-26(2,3)30-25(29)19-13-17-12-11-16-8-6-10-21-23(16)24(17)22(14-19)28(21)20-9-5-4-7-18(20)15-27/h4-5,7,9-14H,6,8,15H2,1-3H3. The van der Waals surface area contributed by atoms with Gasteiger partial charge in [0.15, 0.2) is 0 Å². The summed E-state index contributed by atoms with van der Waals surface area (Å²) in [7, 11) is 0. The molecule has 0 atom stereocenters. The van der Waals surface area contributed by atoms with Crippen molar-refractivity contribution in [1.29, 1.82) is 0 Å². The molecule has 0 aliphatic heterocycles. The lowest BCUT2D eigenvalue weighted by Crippen LogP contribution is -2.24. The largest absolute Gasteiger partial charge is 0.456 e. The molecule has 0 spiro atoms. The number of para-hydroxylation sites is 1. The van der Waals surface area contributed by atoms with E-state index in [9.17, 15) is 4.79 Å². The summed E-state index contributed by atoms with van der Waals surface area (Å²) in [5, 5.41) is 4.74.